The maximum Gasteiger partial charge on any atom is 0.261 e. The molecule has 0 N–H and O–H groups in total. The molecular formula is C34H46O3Si2. The molecule has 208 valence electrons. The molecule has 1 aliphatic rings. The van der Waals surface area contributed by atoms with E-state index in [1.54, 1.807) is 0 Å². The minimum atomic E-state index is -2.84. The first-order valence-corrected chi connectivity index (χ1v) is 18.8. The van der Waals surface area contributed by atoms with Gasteiger partial charge in [0.1, 0.15) is 0 Å². The summed E-state index contributed by atoms with van der Waals surface area (Å²) in [4.78, 5) is 13.6. The van der Waals surface area contributed by atoms with Gasteiger partial charge in [-0.05, 0) is 52.1 Å². The van der Waals surface area contributed by atoms with Crippen molar-refractivity contribution in [1.82, 2.24) is 0 Å². The summed E-state index contributed by atoms with van der Waals surface area (Å²) in [5.74, 6) is 6.12. The van der Waals surface area contributed by atoms with Gasteiger partial charge in [-0.25, -0.2) is 0 Å². The van der Waals surface area contributed by atoms with Gasteiger partial charge in [0.15, 0.2) is 14.1 Å². The van der Waals surface area contributed by atoms with Gasteiger partial charge in [0, 0.05) is 12.8 Å². The molecule has 0 bridgehead atoms. The first kappa shape index (κ1) is 31.0. The fourth-order valence-electron chi connectivity index (χ4n) is 4.96. The van der Waals surface area contributed by atoms with Crippen LogP contribution in [0.1, 0.15) is 61.3 Å². The second-order valence-corrected chi connectivity index (χ2v) is 22.3. The summed E-state index contributed by atoms with van der Waals surface area (Å²) in [5.41, 5.74) is 1.24. The molecule has 2 atom stereocenters. The van der Waals surface area contributed by atoms with E-state index in [1.807, 2.05) is 25.1 Å². The first-order valence-electron chi connectivity index (χ1n) is 14.0. The minimum absolute atomic E-state index is 0.00742. The van der Waals surface area contributed by atoms with Gasteiger partial charge in [0.25, 0.3) is 8.32 Å². The molecule has 2 aromatic rings. The average Bonchev–Trinajstić information content (AvgIpc) is 2.98. The molecule has 39 heavy (non-hydrogen) atoms. The zero-order valence-electron chi connectivity index (χ0n) is 25.4. The van der Waals surface area contributed by atoms with E-state index in [-0.39, 0.29) is 34.5 Å². The van der Waals surface area contributed by atoms with Crippen molar-refractivity contribution >= 4 is 32.8 Å². The Kier molecular flexibility index (Phi) is 9.50. The Hall–Kier alpha value is -2.50. The van der Waals surface area contributed by atoms with Crippen molar-refractivity contribution in [1.29, 1.82) is 0 Å². The van der Waals surface area contributed by atoms with Crippen LogP contribution >= 0.6 is 0 Å². The van der Waals surface area contributed by atoms with E-state index in [0.717, 1.165) is 5.57 Å². The molecule has 0 aliphatic heterocycles. The number of rotatable bonds is 6. The van der Waals surface area contributed by atoms with Gasteiger partial charge >= 0.3 is 0 Å². The molecule has 2 aromatic carbocycles. The molecule has 1 aliphatic carbocycles. The van der Waals surface area contributed by atoms with Crippen molar-refractivity contribution < 1.29 is 13.6 Å². The second-order valence-electron chi connectivity index (χ2n) is 13.3. The van der Waals surface area contributed by atoms with Crippen LogP contribution in [-0.4, -0.2) is 34.6 Å². The predicted octanol–water partition coefficient (Wildman–Crippen LogP) is 7.19. The van der Waals surface area contributed by atoms with Crippen molar-refractivity contribution in [3.63, 3.8) is 0 Å². The molecule has 0 saturated heterocycles. The quantitative estimate of drug-likeness (QED) is 0.278. The third kappa shape index (κ3) is 7.18. The zero-order chi connectivity index (χ0) is 29.1. The smallest absolute Gasteiger partial charge is 0.261 e. The lowest BCUT2D eigenvalue weighted by Gasteiger charge is -2.45. The number of benzene rings is 2. The Labute approximate surface area is 239 Å². The first-order chi connectivity index (χ1) is 18.1. The molecule has 3 nitrogen and oxygen atoms in total. The topological polar surface area (TPSA) is 35.5 Å². The minimum Gasteiger partial charge on any atom is -0.410 e. The van der Waals surface area contributed by atoms with Gasteiger partial charge in [-0.1, -0.05) is 121 Å². The molecule has 0 radical (unpaired) electrons. The highest BCUT2D eigenvalue weighted by Crippen LogP contribution is 2.41. The van der Waals surface area contributed by atoms with Gasteiger partial charge in [-0.15, -0.1) is 0 Å². The summed E-state index contributed by atoms with van der Waals surface area (Å²) < 4.78 is 14.3. The maximum absolute atomic E-state index is 13.6. The molecule has 0 saturated carbocycles. The largest absolute Gasteiger partial charge is 0.410 e. The van der Waals surface area contributed by atoms with E-state index in [2.05, 4.69) is 122 Å². The Balaban J connectivity index is 2.14. The molecular weight excluding hydrogens is 513 g/mol. The number of Topliss-reactive ketones (excluding diaryl/α,β-unsaturated/α-hetero) is 1. The highest BCUT2D eigenvalue weighted by Gasteiger charge is 2.52. The van der Waals surface area contributed by atoms with E-state index in [0.29, 0.717) is 12.0 Å². The van der Waals surface area contributed by atoms with Crippen LogP contribution in [0.3, 0.4) is 0 Å². The Morgan fingerprint density at radius 1 is 0.872 bits per heavy atom. The van der Waals surface area contributed by atoms with Crippen LogP contribution < -0.4 is 10.4 Å². The summed E-state index contributed by atoms with van der Waals surface area (Å²) >= 11 is 0. The van der Waals surface area contributed by atoms with E-state index >= 15 is 0 Å². The van der Waals surface area contributed by atoms with Gasteiger partial charge in [-0.2, -0.15) is 0 Å². The number of hydrogen-bond acceptors (Lipinski definition) is 3. The summed E-state index contributed by atoms with van der Waals surface area (Å²) in [6.07, 6.45) is 2.28. The second kappa shape index (κ2) is 11.9. The standard InChI is InChI=1S/C34H46O3Si2/c1-26(2)21-22-27-23-28(36-38(9,10)33(3,4)5)24-29(25-32(27)35)37-39(34(6,7)8,30-17-13-11-14-18-30)31-19-15-12-16-20-31/h11-20,23,28-29H,1,24-25H2,2-10H3/t28-,29-/m0/s1. The summed E-state index contributed by atoms with van der Waals surface area (Å²) in [6, 6.07) is 21.2. The average molecular weight is 559 g/mol. The molecule has 0 fully saturated rings. The van der Waals surface area contributed by atoms with Crippen molar-refractivity contribution in [2.75, 3.05) is 0 Å². The van der Waals surface area contributed by atoms with Crippen molar-refractivity contribution in [2.24, 2.45) is 0 Å². The lowest BCUT2D eigenvalue weighted by atomic mass is 10.1. The van der Waals surface area contributed by atoms with Crippen molar-refractivity contribution in [2.45, 2.75) is 96.7 Å². The molecule has 5 heteroatoms. The highest BCUT2D eigenvalue weighted by molar-refractivity contribution is 6.99. The SMILES string of the molecule is C=C(C)C#CC1=C[C@H](O[Si](C)(C)C(C)(C)C)C[C@H](O[Si](c2ccccc2)(c2ccccc2)C(C)(C)C)CC1=O. The lowest BCUT2D eigenvalue weighted by Crippen LogP contribution is -2.68. The predicted molar refractivity (Wildman–Crippen MR) is 169 cm³/mol. The molecule has 0 spiro atoms. The number of allylic oxidation sites excluding steroid dienone is 2. The van der Waals surface area contributed by atoms with Crippen molar-refractivity contribution in [3.05, 3.63) is 84.5 Å². The number of ketones is 1. The van der Waals surface area contributed by atoms with Gasteiger partial charge in [0.05, 0.1) is 17.8 Å². The van der Waals surface area contributed by atoms with Crippen LogP contribution in [0.4, 0.5) is 0 Å². The van der Waals surface area contributed by atoms with E-state index < -0.39 is 16.6 Å². The molecule has 0 unspecified atom stereocenters. The third-order valence-corrected chi connectivity index (χ3v) is 17.6. The Morgan fingerprint density at radius 2 is 1.38 bits per heavy atom. The van der Waals surface area contributed by atoms with E-state index in [1.165, 1.54) is 10.4 Å². The number of carbonyl (C=O) groups is 1. The van der Waals surface area contributed by atoms with Crippen LogP contribution in [0.15, 0.2) is 84.5 Å². The maximum atomic E-state index is 13.6. The van der Waals surface area contributed by atoms with Crippen LogP contribution in [0.2, 0.25) is 23.2 Å². The molecule has 0 amide bonds. The lowest BCUT2D eigenvalue weighted by molar-refractivity contribution is -0.116. The molecule has 0 heterocycles. The van der Waals surface area contributed by atoms with Crippen molar-refractivity contribution in [3.8, 4) is 11.8 Å². The zero-order valence-corrected chi connectivity index (χ0v) is 27.4. The molecule has 3 rings (SSSR count). The fourth-order valence-corrected chi connectivity index (χ4v) is 10.9. The van der Waals surface area contributed by atoms with E-state index in [4.69, 9.17) is 8.85 Å². The van der Waals surface area contributed by atoms with Crippen LogP contribution in [-0.2, 0) is 13.6 Å². The van der Waals surface area contributed by atoms with Crippen LogP contribution in [0.5, 0.6) is 0 Å². The van der Waals surface area contributed by atoms with Crippen LogP contribution in [0.25, 0.3) is 0 Å². The van der Waals surface area contributed by atoms with Gasteiger partial charge in [0.2, 0.25) is 0 Å². The fraction of sp³-hybridized carbons (Fsp3) is 0.441. The molecule has 0 aromatic heterocycles. The van der Waals surface area contributed by atoms with Gasteiger partial charge < -0.3 is 8.85 Å². The Morgan fingerprint density at radius 3 is 1.82 bits per heavy atom. The van der Waals surface area contributed by atoms with Gasteiger partial charge in [-0.3, -0.25) is 4.79 Å². The summed E-state index contributed by atoms with van der Waals surface area (Å²) in [6.45, 7) is 23.8. The number of hydrogen-bond donors (Lipinski definition) is 0. The van der Waals surface area contributed by atoms with Crippen LogP contribution in [0, 0.1) is 11.8 Å². The number of carbonyl (C=O) groups excluding carboxylic acids is 1. The Bertz CT molecular complexity index is 1210. The third-order valence-electron chi connectivity index (χ3n) is 7.98. The highest BCUT2D eigenvalue weighted by atomic mass is 28.4. The normalized spacial score (nSPS) is 19.0. The summed E-state index contributed by atoms with van der Waals surface area (Å²) in [5, 5.41) is 2.27. The monoisotopic (exact) mass is 558 g/mol. The van der Waals surface area contributed by atoms with E-state index in [9.17, 15) is 4.79 Å². The summed E-state index contributed by atoms with van der Waals surface area (Å²) in [7, 11) is -4.97.